The van der Waals surface area contributed by atoms with Crippen LogP contribution in [0, 0.1) is 11.6 Å². The summed E-state index contributed by atoms with van der Waals surface area (Å²) in [6.07, 6.45) is 2.58. The highest BCUT2D eigenvalue weighted by Crippen LogP contribution is 2.17. The lowest BCUT2D eigenvalue weighted by Gasteiger charge is -2.08. The number of carbonyl (C=O) groups is 1. The van der Waals surface area contributed by atoms with Crippen LogP contribution < -0.4 is 10.9 Å². The van der Waals surface area contributed by atoms with Crippen LogP contribution in [0.4, 0.5) is 14.5 Å². The Morgan fingerprint density at radius 2 is 1.97 bits per heavy atom. The van der Waals surface area contributed by atoms with Crippen LogP contribution in [0.25, 0.3) is 16.7 Å². The number of nitrogens with zero attached hydrogens (tertiary/aromatic N) is 4. The van der Waals surface area contributed by atoms with Crippen LogP contribution in [0.2, 0.25) is 5.02 Å². The fourth-order valence-electron chi connectivity index (χ4n) is 2.79. The molecular weight excluding hydrogens is 404 g/mol. The zero-order valence-electron chi connectivity index (χ0n) is 14.6. The number of fused-ring (bicyclic) bond motifs is 1. The summed E-state index contributed by atoms with van der Waals surface area (Å²) in [6.45, 7) is -0.358. The molecule has 1 amide bonds. The topological polar surface area (TPSA) is 81.8 Å². The molecule has 0 unspecified atom stereocenters. The summed E-state index contributed by atoms with van der Waals surface area (Å²) >= 11 is 6.00. The molecule has 0 aliphatic carbocycles. The summed E-state index contributed by atoms with van der Waals surface area (Å²) in [5.74, 6) is -2.71. The van der Waals surface area contributed by atoms with Crippen molar-refractivity contribution in [2.75, 3.05) is 5.32 Å². The first-order valence-corrected chi connectivity index (χ1v) is 8.74. The maximum absolute atomic E-state index is 13.3. The van der Waals surface area contributed by atoms with E-state index in [1.807, 2.05) is 0 Å². The van der Waals surface area contributed by atoms with E-state index in [2.05, 4.69) is 15.4 Å². The summed E-state index contributed by atoms with van der Waals surface area (Å²) in [6, 6.07) is 9.87. The summed E-state index contributed by atoms with van der Waals surface area (Å²) in [5, 5.41) is 7.30. The van der Waals surface area contributed by atoms with Crippen molar-refractivity contribution in [2.24, 2.45) is 0 Å². The van der Waals surface area contributed by atoms with E-state index in [0.29, 0.717) is 16.4 Å². The van der Waals surface area contributed by atoms with Gasteiger partial charge in [0.15, 0.2) is 17.3 Å². The molecule has 0 aliphatic heterocycles. The van der Waals surface area contributed by atoms with E-state index < -0.39 is 23.1 Å². The third-order valence-corrected chi connectivity index (χ3v) is 4.36. The first-order chi connectivity index (χ1) is 13.9. The molecule has 29 heavy (non-hydrogen) atoms. The van der Waals surface area contributed by atoms with Crippen LogP contribution >= 0.6 is 11.6 Å². The molecule has 0 saturated heterocycles. The number of amides is 1. The molecule has 4 aromatic rings. The average molecular weight is 416 g/mol. The average Bonchev–Trinajstić information content (AvgIpc) is 3.12. The Balaban J connectivity index is 1.60. The van der Waals surface area contributed by atoms with Crippen LogP contribution in [0.5, 0.6) is 0 Å². The van der Waals surface area contributed by atoms with Gasteiger partial charge in [0.1, 0.15) is 18.3 Å². The molecule has 2 aromatic heterocycles. The third kappa shape index (κ3) is 3.72. The molecule has 0 fully saturated rings. The minimum Gasteiger partial charge on any atom is -0.324 e. The van der Waals surface area contributed by atoms with Gasteiger partial charge in [-0.25, -0.2) is 18.4 Å². The van der Waals surface area contributed by atoms with E-state index in [4.69, 9.17) is 11.6 Å². The second-order valence-electron chi connectivity index (χ2n) is 6.13. The minimum absolute atomic E-state index is 0.0739. The van der Waals surface area contributed by atoms with Gasteiger partial charge in [0.25, 0.3) is 5.56 Å². The summed E-state index contributed by atoms with van der Waals surface area (Å²) in [7, 11) is 0. The lowest BCUT2D eigenvalue weighted by Crippen LogP contribution is -2.27. The Kier molecular flexibility index (Phi) is 4.81. The Morgan fingerprint density at radius 3 is 2.72 bits per heavy atom. The Hall–Kier alpha value is -3.59. The number of halogens is 3. The lowest BCUT2D eigenvalue weighted by molar-refractivity contribution is -0.116. The number of rotatable bonds is 4. The smallest absolute Gasteiger partial charge is 0.264 e. The Morgan fingerprint density at radius 1 is 1.14 bits per heavy atom. The normalized spacial score (nSPS) is 11.0. The monoisotopic (exact) mass is 415 g/mol. The molecule has 0 radical (unpaired) electrons. The highest BCUT2D eigenvalue weighted by Gasteiger charge is 2.14. The fourth-order valence-corrected chi connectivity index (χ4v) is 2.97. The Bertz CT molecular complexity index is 1300. The predicted molar refractivity (Wildman–Crippen MR) is 103 cm³/mol. The molecule has 2 heterocycles. The van der Waals surface area contributed by atoms with E-state index >= 15 is 0 Å². The van der Waals surface area contributed by atoms with Gasteiger partial charge in [-0.3, -0.25) is 14.2 Å². The van der Waals surface area contributed by atoms with Crippen LogP contribution in [0.3, 0.4) is 0 Å². The maximum Gasteiger partial charge on any atom is 0.264 e. The molecule has 0 saturated carbocycles. The van der Waals surface area contributed by atoms with Crippen LogP contribution in [-0.2, 0) is 11.3 Å². The number of hydrogen-bond donors (Lipinski definition) is 1. The van der Waals surface area contributed by atoms with Gasteiger partial charge in [-0.1, -0.05) is 17.7 Å². The number of hydrogen-bond acceptors (Lipinski definition) is 4. The molecule has 2 aromatic carbocycles. The van der Waals surface area contributed by atoms with Crippen molar-refractivity contribution in [3.63, 3.8) is 0 Å². The molecule has 4 rings (SSSR count). The van der Waals surface area contributed by atoms with Crippen molar-refractivity contribution in [3.05, 3.63) is 82.0 Å². The molecule has 7 nitrogen and oxygen atoms in total. The molecule has 0 aliphatic rings. The quantitative estimate of drug-likeness (QED) is 0.555. The largest absolute Gasteiger partial charge is 0.324 e. The molecular formula is C19H12ClF2N5O2. The van der Waals surface area contributed by atoms with Crippen molar-refractivity contribution in [2.45, 2.75) is 6.54 Å². The standard InChI is InChI=1S/C19H12ClF2N5O2/c20-11-2-1-3-13(6-11)27-18-14(8-24-27)19(29)26(10-23-18)9-17(28)25-12-4-5-15(21)16(22)7-12/h1-8,10H,9H2,(H,25,28). The molecule has 146 valence electrons. The van der Waals surface area contributed by atoms with Crippen LogP contribution in [-0.4, -0.2) is 25.2 Å². The lowest BCUT2D eigenvalue weighted by atomic mass is 10.3. The molecule has 1 N–H and O–H groups in total. The van der Waals surface area contributed by atoms with Crippen molar-refractivity contribution in [3.8, 4) is 5.69 Å². The predicted octanol–water partition coefficient (Wildman–Crippen LogP) is 3.15. The van der Waals surface area contributed by atoms with E-state index in [1.165, 1.54) is 23.3 Å². The van der Waals surface area contributed by atoms with E-state index in [1.54, 1.807) is 24.3 Å². The van der Waals surface area contributed by atoms with Crippen LogP contribution in [0.15, 0.2) is 59.8 Å². The van der Waals surface area contributed by atoms with Gasteiger partial charge in [-0.2, -0.15) is 5.10 Å². The molecule has 10 heteroatoms. The maximum atomic E-state index is 13.3. The van der Waals surface area contributed by atoms with Gasteiger partial charge in [0.05, 0.1) is 11.9 Å². The summed E-state index contributed by atoms with van der Waals surface area (Å²) in [4.78, 5) is 29.1. The van der Waals surface area contributed by atoms with Crippen molar-refractivity contribution in [1.29, 1.82) is 0 Å². The molecule has 0 atom stereocenters. The van der Waals surface area contributed by atoms with E-state index in [-0.39, 0.29) is 17.6 Å². The van der Waals surface area contributed by atoms with Gasteiger partial charge in [-0.05, 0) is 30.3 Å². The van der Waals surface area contributed by atoms with Gasteiger partial charge < -0.3 is 5.32 Å². The molecule has 0 bridgehead atoms. The number of benzene rings is 2. The highest BCUT2D eigenvalue weighted by atomic mass is 35.5. The van der Waals surface area contributed by atoms with Gasteiger partial charge >= 0.3 is 0 Å². The number of carbonyl (C=O) groups excluding carboxylic acids is 1. The second-order valence-corrected chi connectivity index (χ2v) is 6.56. The summed E-state index contributed by atoms with van der Waals surface area (Å²) in [5.41, 5.74) is 0.552. The van der Waals surface area contributed by atoms with Crippen LogP contribution in [0.1, 0.15) is 0 Å². The van der Waals surface area contributed by atoms with Crippen molar-refractivity contribution < 1.29 is 13.6 Å². The third-order valence-electron chi connectivity index (χ3n) is 4.12. The minimum atomic E-state index is -1.09. The first-order valence-electron chi connectivity index (χ1n) is 8.36. The zero-order valence-corrected chi connectivity index (χ0v) is 15.4. The number of aromatic nitrogens is 4. The summed E-state index contributed by atoms with van der Waals surface area (Å²) < 4.78 is 28.8. The number of nitrogens with one attached hydrogen (secondary N) is 1. The first kappa shape index (κ1) is 18.8. The van der Waals surface area contributed by atoms with E-state index in [0.717, 1.165) is 16.7 Å². The van der Waals surface area contributed by atoms with E-state index in [9.17, 15) is 18.4 Å². The van der Waals surface area contributed by atoms with Gasteiger partial charge in [0, 0.05) is 16.8 Å². The fraction of sp³-hybridized carbons (Fsp3) is 0.0526. The Labute approximate surface area is 167 Å². The van der Waals surface area contributed by atoms with Crippen molar-refractivity contribution in [1.82, 2.24) is 19.3 Å². The van der Waals surface area contributed by atoms with Crippen molar-refractivity contribution >= 4 is 34.2 Å². The van der Waals surface area contributed by atoms with Gasteiger partial charge in [-0.15, -0.1) is 0 Å². The SMILES string of the molecule is O=C(Cn1cnc2c(cnn2-c2cccc(Cl)c2)c1=O)Nc1ccc(F)c(F)c1. The molecule has 0 spiro atoms. The zero-order chi connectivity index (χ0) is 20.5. The highest BCUT2D eigenvalue weighted by molar-refractivity contribution is 6.30. The second kappa shape index (κ2) is 7.44. The van der Waals surface area contributed by atoms with Gasteiger partial charge in [0.2, 0.25) is 5.91 Å². The number of anilines is 1.